The highest BCUT2D eigenvalue weighted by Crippen LogP contribution is 2.32. The van der Waals surface area contributed by atoms with Gasteiger partial charge in [-0.15, -0.1) is 0 Å². The van der Waals surface area contributed by atoms with Crippen LogP contribution < -0.4 is 10.1 Å². The molecule has 4 heteroatoms. The standard InChI is InChI=1S/C17H19Cl2NO/c1-11(2)20-10-13-8-14(21-3)5-6-15(13)12-4-7-16(18)17(19)9-12/h4-9,11,20H,10H2,1-3H3. The van der Waals surface area contributed by atoms with Crippen molar-refractivity contribution < 1.29 is 4.74 Å². The Morgan fingerprint density at radius 2 is 1.81 bits per heavy atom. The van der Waals surface area contributed by atoms with Crippen LogP contribution in [0.1, 0.15) is 19.4 Å². The molecular weight excluding hydrogens is 305 g/mol. The lowest BCUT2D eigenvalue weighted by Crippen LogP contribution is -2.22. The predicted octanol–water partition coefficient (Wildman–Crippen LogP) is 5.17. The van der Waals surface area contributed by atoms with Gasteiger partial charge in [-0.05, 0) is 41.0 Å². The molecule has 2 nitrogen and oxygen atoms in total. The molecule has 0 spiro atoms. The van der Waals surface area contributed by atoms with Gasteiger partial charge in [0.15, 0.2) is 0 Å². The maximum Gasteiger partial charge on any atom is 0.119 e. The summed E-state index contributed by atoms with van der Waals surface area (Å²) in [5.74, 6) is 0.847. The number of ether oxygens (including phenoxy) is 1. The van der Waals surface area contributed by atoms with E-state index in [9.17, 15) is 0 Å². The second-order valence-corrected chi connectivity index (χ2v) is 6.00. The van der Waals surface area contributed by atoms with Gasteiger partial charge in [-0.2, -0.15) is 0 Å². The lowest BCUT2D eigenvalue weighted by molar-refractivity contribution is 0.414. The van der Waals surface area contributed by atoms with E-state index in [0.29, 0.717) is 16.1 Å². The van der Waals surface area contributed by atoms with Crippen LogP contribution in [0, 0.1) is 0 Å². The van der Waals surface area contributed by atoms with Crippen molar-refractivity contribution >= 4 is 23.2 Å². The van der Waals surface area contributed by atoms with Crippen LogP contribution >= 0.6 is 23.2 Å². The summed E-state index contributed by atoms with van der Waals surface area (Å²) in [4.78, 5) is 0. The molecule has 21 heavy (non-hydrogen) atoms. The highest BCUT2D eigenvalue weighted by molar-refractivity contribution is 6.42. The highest BCUT2D eigenvalue weighted by Gasteiger charge is 2.09. The number of methoxy groups -OCH3 is 1. The molecule has 0 aliphatic carbocycles. The fourth-order valence-corrected chi connectivity index (χ4v) is 2.40. The van der Waals surface area contributed by atoms with E-state index in [1.54, 1.807) is 7.11 Å². The van der Waals surface area contributed by atoms with Gasteiger partial charge < -0.3 is 10.1 Å². The van der Waals surface area contributed by atoms with Crippen molar-refractivity contribution in [1.29, 1.82) is 0 Å². The van der Waals surface area contributed by atoms with Crippen molar-refractivity contribution in [2.75, 3.05) is 7.11 Å². The molecule has 1 N–H and O–H groups in total. The van der Waals surface area contributed by atoms with E-state index in [-0.39, 0.29) is 0 Å². The third-order valence-corrected chi connectivity index (χ3v) is 3.98. The monoisotopic (exact) mass is 323 g/mol. The third kappa shape index (κ3) is 4.13. The number of benzene rings is 2. The Labute approximate surface area is 136 Å². The number of halogens is 2. The van der Waals surface area contributed by atoms with E-state index >= 15 is 0 Å². The molecule has 2 aromatic rings. The first-order valence-electron chi connectivity index (χ1n) is 6.87. The van der Waals surface area contributed by atoms with Crippen LogP contribution in [-0.4, -0.2) is 13.2 Å². The fraction of sp³-hybridized carbons (Fsp3) is 0.294. The second-order valence-electron chi connectivity index (χ2n) is 5.19. The van der Waals surface area contributed by atoms with Gasteiger partial charge in [0.2, 0.25) is 0 Å². The molecule has 0 atom stereocenters. The SMILES string of the molecule is COc1ccc(-c2ccc(Cl)c(Cl)c2)c(CNC(C)C)c1. The van der Waals surface area contributed by atoms with Crippen LogP contribution in [0.2, 0.25) is 10.0 Å². The quantitative estimate of drug-likeness (QED) is 0.819. The minimum Gasteiger partial charge on any atom is -0.497 e. The van der Waals surface area contributed by atoms with Crippen LogP contribution in [0.25, 0.3) is 11.1 Å². The van der Waals surface area contributed by atoms with Gasteiger partial charge in [-0.1, -0.05) is 49.2 Å². The first kappa shape index (κ1) is 16.2. The molecule has 0 heterocycles. The Kier molecular flexibility index (Phi) is 5.51. The van der Waals surface area contributed by atoms with Gasteiger partial charge in [-0.3, -0.25) is 0 Å². The van der Waals surface area contributed by atoms with Crippen molar-refractivity contribution in [2.45, 2.75) is 26.4 Å². The van der Waals surface area contributed by atoms with E-state index in [0.717, 1.165) is 23.4 Å². The molecule has 0 unspecified atom stereocenters. The van der Waals surface area contributed by atoms with E-state index < -0.39 is 0 Å². The fourth-order valence-electron chi connectivity index (χ4n) is 2.10. The van der Waals surface area contributed by atoms with Crippen molar-refractivity contribution in [3.63, 3.8) is 0 Å². The molecule has 0 radical (unpaired) electrons. The summed E-state index contributed by atoms with van der Waals surface area (Å²) in [6, 6.07) is 12.2. The largest absolute Gasteiger partial charge is 0.497 e. The lowest BCUT2D eigenvalue weighted by Gasteiger charge is -2.15. The van der Waals surface area contributed by atoms with E-state index in [1.807, 2.05) is 30.3 Å². The summed E-state index contributed by atoms with van der Waals surface area (Å²) in [6.07, 6.45) is 0. The molecule has 0 aliphatic rings. The molecule has 0 saturated carbocycles. The summed E-state index contributed by atoms with van der Waals surface area (Å²) >= 11 is 12.1. The molecule has 112 valence electrons. The Hall–Kier alpha value is -1.22. The number of hydrogen-bond acceptors (Lipinski definition) is 2. The smallest absolute Gasteiger partial charge is 0.119 e. The summed E-state index contributed by atoms with van der Waals surface area (Å²) in [7, 11) is 1.67. The van der Waals surface area contributed by atoms with Gasteiger partial charge in [0.1, 0.15) is 5.75 Å². The molecule has 0 aliphatic heterocycles. The summed E-state index contributed by atoms with van der Waals surface area (Å²) in [6.45, 7) is 5.02. The van der Waals surface area contributed by atoms with Crippen LogP contribution in [0.4, 0.5) is 0 Å². The van der Waals surface area contributed by atoms with Crippen molar-refractivity contribution in [3.8, 4) is 16.9 Å². The van der Waals surface area contributed by atoms with Crippen LogP contribution in [-0.2, 0) is 6.54 Å². The average Bonchev–Trinajstić information content (AvgIpc) is 2.47. The minimum absolute atomic E-state index is 0.415. The Balaban J connectivity index is 2.42. The van der Waals surface area contributed by atoms with E-state index in [2.05, 4.69) is 25.2 Å². The zero-order valence-corrected chi connectivity index (χ0v) is 13.9. The van der Waals surface area contributed by atoms with Gasteiger partial charge in [0, 0.05) is 12.6 Å². The normalized spacial score (nSPS) is 11.0. The summed E-state index contributed by atoms with van der Waals surface area (Å²) in [5.41, 5.74) is 3.34. The first-order valence-corrected chi connectivity index (χ1v) is 7.62. The molecule has 0 bridgehead atoms. The number of nitrogens with one attached hydrogen (secondary N) is 1. The molecular formula is C17H19Cl2NO. The average molecular weight is 324 g/mol. The molecule has 2 aromatic carbocycles. The van der Waals surface area contributed by atoms with Crippen LogP contribution in [0.5, 0.6) is 5.75 Å². The molecule has 0 fully saturated rings. The Morgan fingerprint density at radius 1 is 1.05 bits per heavy atom. The zero-order valence-electron chi connectivity index (χ0n) is 12.4. The van der Waals surface area contributed by atoms with Crippen molar-refractivity contribution in [2.24, 2.45) is 0 Å². The zero-order chi connectivity index (χ0) is 15.4. The third-order valence-electron chi connectivity index (χ3n) is 3.24. The lowest BCUT2D eigenvalue weighted by atomic mass is 9.99. The van der Waals surface area contributed by atoms with Crippen molar-refractivity contribution in [3.05, 3.63) is 52.0 Å². The maximum atomic E-state index is 6.13. The van der Waals surface area contributed by atoms with Gasteiger partial charge in [-0.25, -0.2) is 0 Å². The Bertz CT molecular complexity index is 626. The highest BCUT2D eigenvalue weighted by atomic mass is 35.5. The Morgan fingerprint density at radius 3 is 2.43 bits per heavy atom. The molecule has 0 aromatic heterocycles. The molecule has 0 amide bonds. The topological polar surface area (TPSA) is 21.3 Å². The summed E-state index contributed by atoms with van der Waals surface area (Å²) in [5, 5.41) is 4.56. The molecule has 0 saturated heterocycles. The molecule has 2 rings (SSSR count). The number of rotatable bonds is 5. The predicted molar refractivity (Wildman–Crippen MR) is 90.4 cm³/mol. The van der Waals surface area contributed by atoms with Crippen LogP contribution in [0.3, 0.4) is 0 Å². The van der Waals surface area contributed by atoms with Crippen LogP contribution in [0.15, 0.2) is 36.4 Å². The van der Waals surface area contributed by atoms with E-state index in [4.69, 9.17) is 27.9 Å². The second kappa shape index (κ2) is 7.17. The number of hydrogen-bond donors (Lipinski definition) is 1. The van der Waals surface area contributed by atoms with Gasteiger partial charge in [0.25, 0.3) is 0 Å². The first-order chi connectivity index (χ1) is 10.0. The minimum atomic E-state index is 0.415. The van der Waals surface area contributed by atoms with E-state index in [1.165, 1.54) is 5.56 Å². The van der Waals surface area contributed by atoms with Crippen molar-refractivity contribution in [1.82, 2.24) is 5.32 Å². The van der Waals surface area contributed by atoms with Gasteiger partial charge >= 0.3 is 0 Å². The summed E-state index contributed by atoms with van der Waals surface area (Å²) < 4.78 is 5.32. The van der Waals surface area contributed by atoms with Gasteiger partial charge in [0.05, 0.1) is 17.2 Å². The maximum absolute atomic E-state index is 6.13.